The van der Waals surface area contributed by atoms with Crippen LogP contribution in [-0.4, -0.2) is 26.7 Å². The normalized spacial score (nSPS) is 15.0. The molecule has 0 radical (unpaired) electrons. The molecule has 2 aromatic heterocycles. The molecular weight excluding hydrogens is 312 g/mol. The minimum Gasteiger partial charge on any atom is -0.349 e. The summed E-state index contributed by atoms with van der Waals surface area (Å²) in [6.45, 7) is 1.96. The highest BCUT2D eigenvalue weighted by Crippen LogP contribution is 2.27. The highest BCUT2D eigenvalue weighted by molar-refractivity contribution is 6.07. The summed E-state index contributed by atoms with van der Waals surface area (Å²) < 4.78 is 1.78. The second-order valence-electron chi connectivity index (χ2n) is 6.83. The molecule has 1 fully saturated rings. The van der Waals surface area contributed by atoms with E-state index >= 15 is 0 Å². The third kappa shape index (κ3) is 3.02. The van der Waals surface area contributed by atoms with E-state index in [0.29, 0.717) is 11.6 Å². The van der Waals surface area contributed by atoms with E-state index in [1.165, 1.54) is 12.8 Å². The number of rotatable bonds is 3. The molecule has 1 N–H and O–H groups in total. The standard InChI is InChI=1S/C20H22N4O/c1-13-17(12-24(2)23-13)19-11-16(15-9-5-6-10-18(15)22-19)20(25)21-14-7-3-4-8-14/h5-6,9-12,14H,3-4,7-8H2,1-2H3,(H,21,25). The van der Waals surface area contributed by atoms with Gasteiger partial charge in [0.15, 0.2) is 0 Å². The summed E-state index contributed by atoms with van der Waals surface area (Å²) in [6.07, 6.45) is 6.49. The monoisotopic (exact) mass is 334 g/mol. The molecule has 5 heteroatoms. The number of hydrogen-bond acceptors (Lipinski definition) is 3. The largest absolute Gasteiger partial charge is 0.349 e. The van der Waals surface area contributed by atoms with Crippen LogP contribution in [0.5, 0.6) is 0 Å². The van der Waals surface area contributed by atoms with Gasteiger partial charge in [-0.1, -0.05) is 31.0 Å². The summed E-state index contributed by atoms with van der Waals surface area (Å²) in [5.41, 5.74) is 4.19. The molecular formula is C20H22N4O. The van der Waals surface area contributed by atoms with Gasteiger partial charge in [0.2, 0.25) is 0 Å². The van der Waals surface area contributed by atoms with Crippen molar-refractivity contribution in [2.45, 2.75) is 38.6 Å². The maximum absolute atomic E-state index is 12.9. The third-order valence-electron chi connectivity index (χ3n) is 4.94. The van der Waals surface area contributed by atoms with Crippen LogP contribution in [0.25, 0.3) is 22.2 Å². The Bertz CT molecular complexity index is 938. The number of aromatic nitrogens is 3. The minimum atomic E-state index is -0.00621. The lowest BCUT2D eigenvalue weighted by molar-refractivity contribution is 0.0939. The zero-order valence-corrected chi connectivity index (χ0v) is 14.6. The van der Waals surface area contributed by atoms with Crippen molar-refractivity contribution in [1.82, 2.24) is 20.1 Å². The van der Waals surface area contributed by atoms with Crippen molar-refractivity contribution in [3.63, 3.8) is 0 Å². The minimum absolute atomic E-state index is 0.00621. The Kier molecular flexibility index (Phi) is 3.99. The summed E-state index contributed by atoms with van der Waals surface area (Å²) in [4.78, 5) is 17.7. The van der Waals surface area contributed by atoms with Gasteiger partial charge in [-0.05, 0) is 31.9 Å². The van der Waals surface area contributed by atoms with Gasteiger partial charge in [-0.25, -0.2) is 4.98 Å². The van der Waals surface area contributed by atoms with E-state index in [9.17, 15) is 4.79 Å². The lowest BCUT2D eigenvalue weighted by Crippen LogP contribution is -2.32. The van der Waals surface area contributed by atoms with Gasteiger partial charge in [-0.3, -0.25) is 9.48 Å². The molecule has 1 saturated carbocycles. The first kappa shape index (κ1) is 15.8. The van der Waals surface area contributed by atoms with Crippen LogP contribution in [0.4, 0.5) is 0 Å². The van der Waals surface area contributed by atoms with Gasteiger partial charge in [-0.15, -0.1) is 0 Å². The fourth-order valence-corrected chi connectivity index (χ4v) is 3.69. The molecule has 25 heavy (non-hydrogen) atoms. The van der Waals surface area contributed by atoms with Crippen molar-refractivity contribution < 1.29 is 4.79 Å². The van der Waals surface area contributed by atoms with Crippen molar-refractivity contribution in [1.29, 1.82) is 0 Å². The van der Waals surface area contributed by atoms with Crippen molar-refractivity contribution in [2.75, 3.05) is 0 Å². The lowest BCUT2D eigenvalue weighted by Gasteiger charge is -2.14. The molecule has 1 aromatic carbocycles. The SMILES string of the molecule is Cc1nn(C)cc1-c1cc(C(=O)NC2CCCC2)c2ccccc2n1. The molecule has 0 aliphatic heterocycles. The van der Waals surface area contributed by atoms with Gasteiger partial charge >= 0.3 is 0 Å². The first-order valence-electron chi connectivity index (χ1n) is 8.83. The fourth-order valence-electron chi connectivity index (χ4n) is 3.69. The molecule has 0 unspecified atom stereocenters. The van der Waals surface area contributed by atoms with Gasteiger partial charge in [0.05, 0.1) is 22.5 Å². The van der Waals surface area contributed by atoms with Gasteiger partial charge in [0.1, 0.15) is 0 Å². The molecule has 0 atom stereocenters. The molecule has 1 aliphatic carbocycles. The molecule has 128 valence electrons. The van der Waals surface area contributed by atoms with Gasteiger partial charge in [0, 0.05) is 30.2 Å². The average Bonchev–Trinajstić information content (AvgIpc) is 3.23. The highest BCUT2D eigenvalue weighted by atomic mass is 16.1. The number of para-hydroxylation sites is 1. The van der Waals surface area contributed by atoms with Crippen LogP contribution in [-0.2, 0) is 7.05 Å². The quantitative estimate of drug-likeness (QED) is 0.796. The fraction of sp³-hybridized carbons (Fsp3) is 0.350. The number of pyridine rings is 1. The van der Waals surface area contributed by atoms with Crippen molar-refractivity contribution >= 4 is 16.8 Å². The molecule has 4 rings (SSSR count). The second kappa shape index (κ2) is 6.31. The third-order valence-corrected chi connectivity index (χ3v) is 4.94. The van der Waals surface area contributed by atoms with Gasteiger partial charge in [0.25, 0.3) is 5.91 Å². The van der Waals surface area contributed by atoms with Crippen LogP contribution >= 0.6 is 0 Å². The van der Waals surface area contributed by atoms with Crippen LogP contribution in [0.3, 0.4) is 0 Å². The van der Waals surface area contributed by atoms with Crippen LogP contribution in [0, 0.1) is 6.92 Å². The van der Waals surface area contributed by atoms with E-state index in [-0.39, 0.29) is 5.91 Å². The van der Waals surface area contributed by atoms with E-state index in [0.717, 1.165) is 40.7 Å². The maximum Gasteiger partial charge on any atom is 0.252 e. The van der Waals surface area contributed by atoms with Crippen LogP contribution in [0.2, 0.25) is 0 Å². The molecule has 3 aromatic rings. The first-order chi connectivity index (χ1) is 12.1. The van der Waals surface area contributed by atoms with Gasteiger partial charge < -0.3 is 5.32 Å². The molecule has 5 nitrogen and oxygen atoms in total. The Balaban J connectivity index is 1.81. The number of nitrogens with one attached hydrogen (secondary N) is 1. The van der Waals surface area contributed by atoms with E-state index < -0.39 is 0 Å². The average molecular weight is 334 g/mol. The van der Waals surface area contributed by atoms with Crippen LogP contribution in [0.15, 0.2) is 36.5 Å². The molecule has 1 aliphatic rings. The number of nitrogens with zero attached hydrogens (tertiary/aromatic N) is 3. The topological polar surface area (TPSA) is 59.8 Å². The maximum atomic E-state index is 12.9. The van der Waals surface area contributed by atoms with Crippen LogP contribution in [0.1, 0.15) is 41.7 Å². The Hall–Kier alpha value is -2.69. The Morgan fingerprint density at radius 1 is 1.24 bits per heavy atom. The molecule has 0 bridgehead atoms. The Morgan fingerprint density at radius 3 is 2.72 bits per heavy atom. The van der Waals surface area contributed by atoms with E-state index in [4.69, 9.17) is 4.98 Å². The smallest absolute Gasteiger partial charge is 0.252 e. The zero-order chi connectivity index (χ0) is 17.4. The molecule has 0 saturated heterocycles. The highest BCUT2D eigenvalue weighted by Gasteiger charge is 2.21. The summed E-state index contributed by atoms with van der Waals surface area (Å²) in [6, 6.07) is 10.0. The van der Waals surface area contributed by atoms with E-state index in [1.807, 2.05) is 50.5 Å². The predicted octanol–water partition coefficient (Wildman–Crippen LogP) is 3.62. The van der Waals surface area contributed by atoms with Crippen molar-refractivity contribution in [2.24, 2.45) is 7.05 Å². The number of amides is 1. The predicted molar refractivity (Wildman–Crippen MR) is 98.4 cm³/mol. The summed E-state index contributed by atoms with van der Waals surface area (Å²) in [7, 11) is 1.89. The lowest BCUT2D eigenvalue weighted by atomic mass is 10.0. The first-order valence-corrected chi connectivity index (χ1v) is 8.83. The number of aryl methyl sites for hydroxylation is 2. The van der Waals surface area contributed by atoms with Crippen molar-refractivity contribution in [3.05, 3.63) is 47.8 Å². The zero-order valence-electron chi connectivity index (χ0n) is 14.6. The number of fused-ring (bicyclic) bond motifs is 1. The summed E-state index contributed by atoms with van der Waals surface area (Å²) in [5, 5.41) is 8.49. The van der Waals surface area contributed by atoms with Crippen LogP contribution < -0.4 is 5.32 Å². The van der Waals surface area contributed by atoms with E-state index in [2.05, 4.69) is 10.4 Å². The molecule has 1 amide bonds. The summed E-state index contributed by atoms with van der Waals surface area (Å²) >= 11 is 0. The summed E-state index contributed by atoms with van der Waals surface area (Å²) in [5.74, 6) is -0.00621. The number of carbonyl (C=O) groups is 1. The number of hydrogen-bond donors (Lipinski definition) is 1. The molecule has 0 spiro atoms. The Morgan fingerprint density at radius 2 is 2.00 bits per heavy atom. The molecule has 2 heterocycles. The second-order valence-corrected chi connectivity index (χ2v) is 6.83. The van der Waals surface area contributed by atoms with Gasteiger partial charge in [-0.2, -0.15) is 5.10 Å². The Labute approximate surface area is 147 Å². The number of benzene rings is 1. The van der Waals surface area contributed by atoms with E-state index in [1.54, 1.807) is 4.68 Å². The van der Waals surface area contributed by atoms with Crippen molar-refractivity contribution in [3.8, 4) is 11.3 Å². The number of carbonyl (C=O) groups excluding carboxylic acids is 1.